The molecule has 0 saturated carbocycles. The molecule has 1 fully saturated rings. The van der Waals surface area contributed by atoms with E-state index in [4.69, 9.17) is 4.74 Å². The number of ether oxygens (including phenoxy) is 1. The maximum absolute atomic E-state index is 15.0. The summed E-state index contributed by atoms with van der Waals surface area (Å²) < 4.78 is 22.2. The van der Waals surface area contributed by atoms with E-state index >= 15 is 4.39 Å². The summed E-state index contributed by atoms with van der Waals surface area (Å²) in [5.74, 6) is -0.627. The van der Waals surface area contributed by atoms with Crippen molar-refractivity contribution in [3.8, 4) is 11.1 Å². The number of amides is 2. The maximum atomic E-state index is 15.0. The first-order valence-corrected chi connectivity index (χ1v) is 9.30. The predicted octanol–water partition coefficient (Wildman–Crippen LogP) is 3.22. The van der Waals surface area contributed by atoms with Crippen molar-refractivity contribution in [3.63, 3.8) is 0 Å². The van der Waals surface area contributed by atoms with Crippen molar-refractivity contribution in [1.82, 2.24) is 14.7 Å². The molecule has 3 heterocycles. The fourth-order valence-corrected chi connectivity index (χ4v) is 3.57. The standard InChI is InChI=1S/C21H21FN4O3/c1-12-13(2)20-23-6-7-25(20)11-18(12)17-5-4-15(8-19(17)22)26-10-16(29-21(26)28)9-24-14(3)27/h4-8,11,16H,9-10H2,1-3H3,(H,24,27)/t16-/m0/s1. The first-order chi connectivity index (χ1) is 13.8. The van der Waals surface area contributed by atoms with E-state index in [1.807, 2.05) is 30.6 Å². The van der Waals surface area contributed by atoms with E-state index in [-0.39, 0.29) is 19.0 Å². The van der Waals surface area contributed by atoms with E-state index in [0.29, 0.717) is 11.3 Å². The number of carbonyl (C=O) groups excluding carboxylic acids is 2. The molecule has 1 N–H and O–H groups in total. The highest BCUT2D eigenvalue weighted by atomic mass is 19.1. The van der Waals surface area contributed by atoms with E-state index in [1.165, 1.54) is 17.9 Å². The van der Waals surface area contributed by atoms with Gasteiger partial charge in [-0.2, -0.15) is 0 Å². The average molecular weight is 396 g/mol. The van der Waals surface area contributed by atoms with Gasteiger partial charge in [-0.05, 0) is 43.2 Å². The molecule has 0 bridgehead atoms. The van der Waals surface area contributed by atoms with Gasteiger partial charge in [-0.3, -0.25) is 9.69 Å². The van der Waals surface area contributed by atoms with Gasteiger partial charge in [0.1, 0.15) is 17.6 Å². The molecule has 1 aliphatic rings. The van der Waals surface area contributed by atoms with Crippen LogP contribution in [-0.2, 0) is 9.53 Å². The molecule has 0 spiro atoms. The lowest BCUT2D eigenvalue weighted by atomic mass is 9.98. The molecule has 1 aromatic carbocycles. The van der Waals surface area contributed by atoms with Crippen molar-refractivity contribution < 1.29 is 18.7 Å². The molecule has 0 radical (unpaired) electrons. The van der Waals surface area contributed by atoms with E-state index < -0.39 is 18.0 Å². The minimum Gasteiger partial charge on any atom is -0.442 e. The summed E-state index contributed by atoms with van der Waals surface area (Å²) in [4.78, 5) is 28.9. The Kier molecular flexibility index (Phi) is 4.70. The third-order valence-electron chi connectivity index (χ3n) is 5.25. The fraction of sp³-hybridized carbons (Fsp3) is 0.286. The van der Waals surface area contributed by atoms with Crippen LogP contribution in [0.2, 0.25) is 0 Å². The molecule has 2 aromatic heterocycles. The lowest BCUT2D eigenvalue weighted by molar-refractivity contribution is -0.119. The predicted molar refractivity (Wildman–Crippen MR) is 106 cm³/mol. The second-order valence-electron chi connectivity index (χ2n) is 7.17. The number of hydrogen-bond donors (Lipinski definition) is 1. The van der Waals surface area contributed by atoms with Gasteiger partial charge in [-0.1, -0.05) is 0 Å². The maximum Gasteiger partial charge on any atom is 0.414 e. The molecule has 1 aliphatic heterocycles. The number of pyridine rings is 1. The molecule has 29 heavy (non-hydrogen) atoms. The van der Waals surface area contributed by atoms with Crippen LogP contribution in [-0.4, -0.2) is 40.6 Å². The van der Waals surface area contributed by atoms with E-state index in [2.05, 4.69) is 10.3 Å². The first kappa shape index (κ1) is 18.9. The zero-order valence-corrected chi connectivity index (χ0v) is 16.4. The van der Waals surface area contributed by atoms with E-state index in [9.17, 15) is 9.59 Å². The van der Waals surface area contributed by atoms with E-state index in [0.717, 1.165) is 22.3 Å². The summed E-state index contributed by atoms with van der Waals surface area (Å²) in [7, 11) is 0. The minimum absolute atomic E-state index is 0.199. The van der Waals surface area contributed by atoms with Crippen molar-refractivity contribution in [2.75, 3.05) is 18.0 Å². The van der Waals surface area contributed by atoms with Gasteiger partial charge in [0.05, 0.1) is 18.8 Å². The van der Waals surface area contributed by atoms with Crippen LogP contribution in [0.1, 0.15) is 18.1 Å². The summed E-state index contributed by atoms with van der Waals surface area (Å²) in [6.45, 7) is 5.77. The largest absolute Gasteiger partial charge is 0.442 e. The second-order valence-corrected chi connectivity index (χ2v) is 7.17. The Labute approximate surface area is 167 Å². The number of anilines is 1. The van der Waals surface area contributed by atoms with Crippen LogP contribution in [0.15, 0.2) is 36.8 Å². The number of nitrogens with one attached hydrogen (secondary N) is 1. The van der Waals surface area contributed by atoms with Crippen LogP contribution in [0.3, 0.4) is 0 Å². The average Bonchev–Trinajstić information content (AvgIpc) is 3.29. The normalized spacial score (nSPS) is 16.3. The third-order valence-corrected chi connectivity index (χ3v) is 5.25. The molecule has 4 rings (SSSR count). The highest BCUT2D eigenvalue weighted by molar-refractivity contribution is 5.90. The first-order valence-electron chi connectivity index (χ1n) is 9.30. The molecule has 0 unspecified atom stereocenters. The smallest absolute Gasteiger partial charge is 0.414 e. The SMILES string of the molecule is CC(=O)NC[C@H]1CN(c2ccc(-c3cn4ccnc4c(C)c3C)c(F)c2)C(=O)O1. The highest BCUT2D eigenvalue weighted by Crippen LogP contribution is 2.32. The Balaban J connectivity index is 1.63. The number of imidazole rings is 1. The Hall–Kier alpha value is -3.42. The van der Waals surface area contributed by atoms with Gasteiger partial charge in [-0.25, -0.2) is 14.2 Å². The van der Waals surface area contributed by atoms with Crippen LogP contribution >= 0.6 is 0 Å². The zero-order chi connectivity index (χ0) is 20.7. The van der Waals surface area contributed by atoms with Gasteiger partial charge < -0.3 is 14.5 Å². The number of cyclic esters (lactones) is 1. The Morgan fingerprint density at radius 3 is 2.83 bits per heavy atom. The Morgan fingerprint density at radius 1 is 1.31 bits per heavy atom. The number of benzene rings is 1. The summed E-state index contributed by atoms with van der Waals surface area (Å²) in [6.07, 6.45) is 4.37. The number of aryl methyl sites for hydroxylation is 1. The van der Waals surface area contributed by atoms with Gasteiger partial charge in [0, 0.05) is 36.6 Å². The van der Waals surface area contributed by atoms with E-state index in [1.54, 1.807) is 18.3 Å². The van der Waals surface area contributed by atoms with Crippen molar-refractivity contribution in [2.24, 2.45) is 0 Å². The quantitative estimate of drug-likeness (QED) is 0.735. The van der Waals surface area contributed by atoms with Gasteiger partial charge in [-0.15, -0.1) is 0 Å². The molecular weight excluding hydrogens is 375 g/mol. The highest BCUT2D eigenvalue weighted by Gasteiger charge is 2.32. The monoisotopic (exact) mass is 396 g/mol. The summed E-state index contributed by atoms with van der Waals surface area (Å²) in [6, 6.07) is 4.71. The van der Waals surface area contributed by atoms with Crippen LogP contribution < -0.4 is 10.2 Å². The lowest BCUT2D eigenvalue weighted by Gasteiger charge is -2.16. The lowest BCUT2D eigenvalue weighted by Crippen LogP contribution is -2.33. The van der Waals surface area contributed by atoms with Crippen molar-refractivity contribution in [2.45, 2.75) is 26.9 Å². The van der Waals surface area contributed by atoms with Crippen LogP contribution in [0.5, 0.6) is 0 Å². The van der Waals surface area contributed by atoms with Crippen molar-refractivity contribution in [1.29, 1.82) is 0 Å². The number of rotatable bonds is 4. The van der Waals surface area contributed by atoms with Gasteiger partial charge >= 0.3 is 6.09 Å². The summed E-state index contributed by atoms with van der Waals surface area (Å²) in [5.41, 5.74) is 4.41. The van der Waals surface area contributed by atoms with Gasteiger partial charge in [0.25, 0.3) is 0 Å². The topological polar surface area (TPSA) is 75.9 Å². The molecule has 1 saturated heterocycles. The third kappa shape index (κ3) is 3.41. The van der Waals surface area contributed by atoms with Crippen LogP contribution in [0.4, 0.5) is 14.9 Å². The molecular formula is C21H21FN4O3. The molecule has 1 atom stereocenters. The second kappa shape index (κ2) is 7.20. The number of hydrogen-bond acceptors (Lipinski definition) is 4. The van der Waals surface area contributed by atoms with Crippen LogP contribution in [0, 0.1) is 19.7 Å². The Bertz CT molecular complexity index is 1120. The van der Waals surface area contributed by atoms with Gasteiger partial charge in [0.2, 0.25) is 5.91 Å². The van der Waals surface area contributed by atoms with Crippen molar-refractivity contribution >= 4 is 23.3 Å². The molecule has 2 amide bonds. The van der Waals surface area contributed by atoms with Crippen LogP contribution in [0.25, 0.3) is 16.8 Å². The number of aromatic nitrogens is 2. The summed E-state index contributed by atoms with van der Waals surface area (Å²) in [5, 5.41) is 2.62. The molecule has 3 aromatic rings. The molecule has 0 aliphatic carbocycles. The van der Waals surface area contributed by atoms with Crippen molar-refractivity contribution in [3.05, 3.63) is 53.7 Å². The molecule has 8 heteroatoms. The Morgan fingerprint density at radius 2 is 2.10 bits per heavy atom. The number of carbonyl (C=O) groups is 2. The molecule has 150 valence electrons. The molecule has 7 nitrogen and oxygen atoms in total. The fourth-order valence-electron chi connectivity index (χ4n) is 3.57. The van der Waals surface area contributed by atoms with Gasteiger partial charge in [0.15, 0.2) is 0 Å². The summed E-state index contributed by atoms with van der Waals surface area (Å²) >= 11 is 0. The number of nitrogens with zero attached hydrogens (tertiary/aromatic N) is 3. The zero-order valence-electron chi connectivity index (χ0n) is 16.4. The number of fused-ring (bicyclic) bond motifs is 1. The number of halogens is 1. The minimum atomic E-state index is -0.556.